The van der Waals surface area contributed by atoms with Gasteiger partial charge in [-0.1, -0.05) is 12.6 Å². The second-order valence-electron chi connectivity index (χ2n) is 4.15. The minimum absolute atomic E-state index is 0.0638. The van der Waals surface area contributed by atoms with Crippen molar-refractivity contribution in [3.63, 3.8) is 0 Å². The van der Waals surface area contributed by atoms with Gasteiger partial charge in [-0.2, -0.15) is 0 Å². The lowest BCUT2D eigenvalue weighted by molar-refractivity contribution is -0.114. The fourth-order valence-corrected chi connectivity index (χ4v) is 1.07. The van der Waals surface area contributed by atoms with Gasteiger partial charge in [-0.15, -0.1) is 0 Å². The number of hydrogen-bond acceptors (Lipinski definition) is 4. The SMILES string of the molecule is C=C(C)C(N)=O.CC(N)Cc1ccc(O)c(O)c1. The van der Waals surface area contributed by atoms with Crippen LogP contribution in [0, 0.1) is 0 Å². The van der Waals surface area contributed by atoms with Crippen LogP contribution >= 0.6 is 0 Å². The number of aromatic hydroxyl groups is 2. The number of amides is 1. The highest BCUT2D eigenvalue weighted by Crippen LogP contribution is 2.25. The number of rotatable bonds is 3. The van der Waals surface area contributed by atoms with E-state index in [1.807, 2.05) is 6.92 Å². The maximum absolute atomic E-state index is 9.82. The Hall–Kier alpha value is -2.01. The van der Waals surface area contributed by atoms with E-state index < -0.39 is 5.91 Å². The van der Waals surface area contributed by atoms with E-state index in [2.05, 4.69) is 6.58 Å². The summed E-state index contributed by atoms with van der Waals surface area (Å²) in [6.45, 7) is 6.74. The molecule has 5 nitrogen and oxygen atoms in total. The average Bonchev–Trinajstić information content (AvgIpc) is 2.23. The molecule has 0 spiro atoms. The van der Waals surface area contributed by atoms with Crippen molar-refractivity contribution < 1.29 is 15.0 Å². The Morgan fingerprint density at radius 3 is 2.22 bits per heavy atom. The molecule has 1 atom stereocenters. The van der Waals surface area contributed by atoms with Gasteiger partial charge in [0.15, 0.2) is 11.5 Å². The Kier molecular flexibility index (Phi) is 6.52. The molecule has 0 aliphatic carbocycles. The number of hydrogen-bond donors (Lipinski definition) is 4. The quantitative estimate of drug-likeness (QED) is 0.476. The molecule has 18 heavy (non-hydrogen) atoms. The summed E-state index contributed by atoms with van der Waals surface area (Å²) in [6.07, 6.45) is 0.702. The number of nitrogens with two attached hydrogens (primary N) is 2. The van der Waals surface area contributed by atoms with E-state index in [1.54, 1.807) is 13.0 Å². The van der Waals surface area contributed by atoms with Crippen molar-refractivity contribution in [2.45, 2.75) is 26.3 Å². The minimum Gasteiger partial charge on any atom is -0.504 e. The van der Waals surface area contributed by atoms with Crippen LogP contribution in [0.4, 0.5) is 0 Å². The van der Waals surface area contributed by atoms with Gasteiger partial charge in [0.1, 0.15) is 0 Å². The molecule has 1 rings (SSSR count). The van der Waals surface area contributed by atoms with E-state index in [4.69, 9.17) is 21.7 Å². The second kappa shape index (κ2) is 7.34. The van der Waals surface area contributed by atoms with Crippen molar-refractivity contribution in [3.05, 3.63) is 35.9 Å². The van der Waals surface area contributed by atoms with Crippen molar-refractivity contribution >= 4 is 5.91 Å². The zero-order valence-corrected chi connectivity index (χ0v) is 10.7. The number of phenolic OH excluding ortho intramolecular Hbond substituents is 2. The van der Waals surface area contributed by atoms with Crippen LogP contribution < -0.4 is 11.5 Å². The summed E-state index contributed by atoms with van der Waals surface area (Å²) < 4.78 is 0. The third kappa shape index (κ3) is 6.55. The molecule has 1 amide bonds. The lowest BCUT2D eigenvalue weighted by Gasteiger charge is -2.05. The Morgan fingerprint density at radius 1 is 1.39 bits per heavy atom. The highest BCUT2D eigenvalue weighted by molar-refractivity contribution is 5.90. The van der Waals surface area contributed by atoms with Crippen LogP contribution in [0.5, 0.6) is 11.5 Å². The topological polar surface area (TPSA) is 110 Å². The molecule has 0 fully saturated rings. The molecule has 0 aromatic heterocycles. The van der Waals surface area contributed by atoms with Gasteiger partial charge in [-0.25, -0.2) is 0 Å². The summed E-state index contributed by atoms with van der Waals surface area (Å²) in [5.41, 5.74) is 11.6. The highest BCUT2D eigenvalue weighted by atomic mass is 16.3. The molecule has 0 bridgehead atoms. The number of phenols is 2. The first-order valence-electron chi connectivity index (χ1n) is 5.45. The van der Waals surface area contributed by atoms with Crippen LogP contribution in [0.2, 0.25) is 0 Å². The van der Waals surface area contributed by atoms with Crippen LogP contribution in [0.3, 0.4) is 0 Å². The molecule has 0 aliphatic heterocycles. The van der Waals surface area contributed by atoms with Gasteiger partial charge in [0.2, 0.25) is 5.91 Å². The van der Waals surface area contributed by atoms with E-state index in [0.29, 0.717) is 12.0 Å². The first-order chi connectivity index (χ1) is 8.23. The van der Waals surface area contributed by atoms with Crippen LogP contribution in [-0.4, -0.2) is 22.2 Å². The summed E-state index contributed by atoms with van der Waals surface area (Å²) in [5, 5.41) is 18.1. The fraction of sp³-hybridized carbons (Fsp3) is 0.308. The largest absolute Gasteiger partial charge is 0.504 e. The summed E-state index contributed by atoms with van der Waals surface area (Å²) in [5.74, 6) is -0.619. The van der Waals surface area contributed by atoms with E-state index >= 15 is 0 Å². The predicted molar refractivity (Wildman–Crippen MR) is 71.1 cm³/mol. The fourth-order valence-electron chi connectivity index (χ4n) is 1.07. The van der Waals surface area contributed by atoms with Crippen LogP contribution in [0.15, 0.2) is 30.4 Å². The molecule has 100 valence electrons. The average molecular weight is 252 g/mol. The number of benzene rings is 1. The lowest BCUT2D eigenvalue weighted by atomic mass is 10.1. The Balaban J connectivity index is 0.000000411. The zero-order chi connectivity index (χ0) is 14.3. The molecule has 1 aromatic rings. The summed E-state index contributed by atoms with van der Waals surface area (Å²) in [6, 6.07) is 4.80. The number of primary amides is 1. The molecule has 0 saturated carbocycles. The smallest absolute Gasteiger partial charge is 0.243 e. The molecule has 6 N–H and O–H groups in total. The highest BCUT2D eigenvalue weighted by Gasteiger charge is 2.02. The van der Waals surface area contributed by atoms with Crippen molar-refractivity contribution in [2.75, 3.05) is 0 Å². The van der Waals surface area contributed by atoms with Crippen LogP contribution in [0.1, 0.15) is 19.4 Å². The first-order valence-corrected chi connectivity index (χ1v) is 5.45. The molecule has 5 heteroatoms. The van der Waals surface area contributed by atoms with Crippen molar-refractivity contribution in [1.82, 2.24) is 0 Å². The van der Waals surface area contributed by atoms with Crippen molar-refractivity contribution in [3.8, 4) is 11.5 Å². The van der Waals surface area contributed by atoms with Gasteiger partial charge in [-0.05, 0) is 38.0 Å². The Morgan fingerprint density at radius 2 is 1.89 bits per heavy atom. The second-order valence-corrected chi connectivity index (χ2v) is 4.15. The van der Waals surface area contributed by atoms with Gasteiger partial charge in [0, 0.05) is 11.6 Å². The van der Waals surface area contributed by atoms with Crippen molar-refractivity contribution in [1.29, 1.82) is 0 Å². The Labute approximate surface area is 107 Å². The van der Waals surface area contributed by atoms with Crippen molar-refractivity contribution in [2.24, 2.45) is 11.5 Å². The monoisotopic (exact) mass is 252 g/mol. The van der Waals surface area contributed by atoms with E-state index in [0.717, 1.165) is 5.56 Å². The van der Waals surface area contributed by atoms with Crippen LogP contribution in [0.25, 0.3) is 0 Å². The molecule has 1 aromatic carbocycles. The third-order valence-electron chi connectivity index (χ3n) is 2.02. The molecule has 0 radical (unpaired) electrons. The minimum atomic E-state index is -0.435. The van der Waals surface area contributed by atoms with Gasteiger partial charge in [0.25, 0.3) is 0 Å². The molecule has 1 unspecified atom stereocenters. The Bertz CT molecular complexity index is 416. The van der Waals surface area contributed by atoms with Gasteiger partial charge in [-0.3, -0.25) is 4.79 Å². The van der Waals surface area contributed by atoms with E-state index in [9.17, 15) is 4.79 Å². The maximum atomic E-state index is 9.82. The normalized spacial score (nSPS) is 11.1. The van der Waals surface area contributed by atoms with Crippen LogP contribution in [-0.2, 0) is 11.2 Å². The molecular formula is C13H20N2O3. The predicted octanol–water partition coefficient (Wildman–Crippen LogP) is 1.04. The lowest BCUT2D eigenvalue weighted by Crippen LogP contribution is -2.17. The summed E-state index contributed by atoms with van der Waals surface area (Å²) in [4.78, 5) is 9.82. The molecular weight excluding hydrogens is 232 g/mol. The summed E-state index contributed by atoms with van der Waals surface area (Å²) in [7, 11) is 0. The number of carbonyl (C=O) groups is 1. The number of carbonyl (C=O) groups excluding carboxylic acids is 1. The van der Waals surface area contributed by atoms with E-state index in [1.165, 1.54) is 12.1 Å². The first kappa shape index (κ1) is 16.0. The van der Waals surface area contributed by atoms with Gasteiger partial charge < -0.3 is 21.7 Å². The summed E-state index contributed by atoms with van der Waals surface area (Å²) >= 11 is 0. The third-order valence-corrected chi connectivity index (χ3v) is 2.02. The molecule has 0 saturated heterocycles. The molecule has 0 heterocycles. The standard InChI is InChI=1S/C9H13NO2.C4H7NO/c1-6(10)4-7-2-3-8(11)9(12)5-7;1-3(2)4(5)6/h2-3,5-6,11-12H,4,10H2,1H3;1H2,2H3,(H2,5,6). The molecule has 0 aliphatic rings. The maximum Gasteiger partial charge on any atom is 0.243 e. The van der Waals surface area contributed by atoms with E-state index in [-0.39, 0.29) is 17.5 Å². The van der Waals surface area contributed by atoms with Gasteiger partial charge >= 0.3 is 0 Å². The zero-order valence-electron chi connectivity index (χ0n) is 10.7. The van der Waals surface area contributed by atoms with Gasteiger partial charge in [0.05, 0.1) is 0 Å².